The molecular weight excluding hydrogens is 327 g/mol. The maximum absolute atomic E-state index is 13.0. The summed E-state index contributed by atoms with van der Waals surface area (Å²) in [7, 11) is 1.53. The molecule has 0 aromatic heterocycles. The molecule has 1 N–H and O–H groups in total. The molecule has 0 radical (unpaired) electrons. The summed E-state index contributed by atoms with van der Waals surface area (Å²) in [5.41, 5.74) is 1.50. The Morgan fingerprint density at radius 3 is 2.50 bits per heavy atom. The van der Waals surface area contributed by atoms with Gasteiger partial charge in [-0.2, -0.15) is 13.2 Å². The molecule has 132 valence electrons. The molecule has 0 spiro atoms. The fourth-order valence-electron chi connectivity index (χ4n) is 2.87. The summed E-state index contributed by atoms with van der Waals surface area (Å²) in [5.74, 6) is -5.69. The number of alkyl halides is 3. The van der Waals surface area contributed by atoms with E-state index >= 15 is 0 Å². The van der Waals surface area contributed by atoms with Crippen LogP contribution in [0.4, 0.5) is 13.2 Å². The summed E-state index contributed by atoms with van der Waals surface area (Å²) in [4.78, 5) is 24.3. The van der Waals surface area contributed by atoms with Crippen molar-refractivity contribution in [1.29, 1.82) is 0 Å². The normalized spacial score (nSPS) is 21.1. The smallest absolute Gasteiger partial charge is 0.394 e. The Labute approximate surface area is 137 Å². The van der Waals surface area contributed by atoms with E-state index in [-0.39, 0.29) is 6.42 Å². The van der Waals surface area contributed by atoms with Gasteiger partial charge in [0.2, 0.25) is 5.91 Å². The van der Waals surface area contributed by atoms with Crippen molar-refractivity contribution in [2.45, 2.75) is 19.2 Å². The van der Waals surface area contributed by atoms with Gasteiger partial charge in [-0.1, -0.05) is 24.3 Å². The number of carbonyl (C=O) groups is 2. The molecule has 2 atom stereocenters. The van der Waals surface area contributed by atoms with Gasteiger partial charge in [-0.3, -0.25) is 9.59 Å². The number of amides is 1. The summed E-state index contributed by atoms with van der Waals surface area (Å²) in [6.07, 6.45) is -4.72. The third kappa shape index (κ3) is 4.25. The lowest BCUT2D eigenvalue weighted by Gasteiger charge is -2.18. The van der Waals surface area contributed by atoms with Crippen molar-refractivity contribution in [2.75, 3.05) is 20.2 Å². The van der Waals surface area contributed by atoms with Gasteiger partial charge in [-0.15, -0.1) is 0 Å². The van der Waals surface area contributed by atoms with Gasteiger partial charge in [-0.05, 0) is 11.1 Å². The number of methoxy groups -OCH3 is 1. The maximum Gasteiger partial charge on any atom is 0.394 e. The number of hydrogen-bond acceptors (Lipinski definition) is 3. The minimum atomic E-state index is -4.64. The second-order valence-electron chi connectivity index (χ2n) is 5.82. The van der Waals surface area contributed by atoms with Crippen molar-refractivity contribution in [3.8, 4) is 0 Å². The topological polar surface area (TPSA) is 66.8 Å². The van der Waals surface area contributed by atoms with Crippen LogP contribution in [0.1, 0.15) is 11.1 Å². The summed E-state index contributed by atoms with van der Waals surface area (Å²) in [5, 5.41) is 8.98. The number of carboxylic acids is 1. The van der Waals surface area contributed by atoms with Crippen LogP contribution in [0, 0.1) is 11.8 Å². The first kappa shape index (κ1) is 18.3. The minimum Gasteiger partial charge on any atom is -0.481 e. The molecule has 1 aromatic carbocycles. The van der Waals surface area contributed by atoms with Crippen LogP contribution in [-0.2, 0) is 27.4 Å². The summed E-state index contributed by atoms with van der Waals surface area (Å²) < 4.78 is 43.9. The first-order chi connectivity index (χ1) is 11.2. The third-order valence-electron chi connectivity index (χ3n) is 4.07. The third-order valence-corrected chi connectivity index (χ3v) is 4.07. The Balaban J connectivity index is 2.08. The number of likely N-dealkylation sites (tertiary alicyclic amines) is 1. The molecule has 1 fully saturated rings. The lowest BCUT2D eigenvalue weighted by atomic mass is 9.96. The van der Waals surface area contributed by atoms with Crippen molar-refractivity contribution in [1.82, 2.24) is 4.90 Å². The van der Waals surface area contributed by atoms with Gasteiger partial charge in [0.25, 0.3) is 0 Å². The summed E-state index contributed by atoms with van der Waals surface area (Å²) in [6, 6.07) is 6.99. The molecule has 24 heavy (non-hydrogen) atoms. The van der Waals surface area contributed by atoms with Gasteiger partial charge < -0.3 is 14.7 Å². The van der Waals surface area contributed by atoms with Crippen LogP contribution >= 0.6 is 0 Å². The van der Waals surface area contributed by atoms with E-state index in [4.69, 9.17) is 9.84 Å². The van der Waals surface area contributed by atoms with Gasteiger partial charge in [0, 0.05) is 20.2 Å². The highest BCUT2D eigenvalue weighted by atomic mass is 19.4. The second kappa shape index (κ2) is 7.21. The van der Waals surface area contributed by atoms with Crippen LogP contribution in [0.25, 0.3) is 0 Å². The second-order valence-corrected chi connectivity index (χ2v) is 5.82. The molecule has 5 nitrogen and oxygen atoms in total. The largest absolute Gasteiger partial charge is 0.481 e. The van der Waals surface area contributed by atoms with Crippen molar-refractivity contribution in [2.24, 2.45) is 11.8 Å². The van der Waals surface area contributed by atoms with Crippen LogP contribution in [-0.4, -0.2) is 48.3 Å². The van der Waals surface area contributed by atoms with Gasteiger partial charge in [0.05, 0.1) is 24.9 Å². The molecule has 1 aromatic rings. The Bertz CT molecular complexity index is 618. The van der Waals surface area contributed by atoms with E-state index in [1.807, 2.05) is 6.07 Å². The van der Waals surface area contributed by atoms with Crippen LogP contribution in [0.2, 0.25) is 0 Å². The zero-order valence-corrected chi connectivity index (χ0v) is 13.0. The molecule has 1 saturated heterocycles. The lowest BCUT2D eigenvalue weighted by molar-refractivity contribution is -0.188. The van der Waals surface area contributed by atoms with E-state index in [2.05, 4.69) is 0 Å². The molecule has 0 unspecified atom stereocenters. The first-order valence-corrected chi connectivity index (χ1v) is 7.36. The van der Waals surface area contributed by atoms with Crippen LogP contribution < -0.4 is 0 Å². The van der Waals surface area contributed by atoms with Crippen LogP contribution in [0.3, 0.4) is 0 Å². The highest BCUT2D eigenvalue weighted by molar-refractivity contribution is 5.81. The predicted molar refractivity (Wildman–Crippen MR) is 78.1 cm³/mol. The number of carboxylic acid groups (broad SMARTS) is 1. The van der Waals surface area contributed by atoms with Gasteiger partial charge in [0.15, 0.2) is 0 Å². The first-order valence-electron chi connectivity index (χ1n) is 7.36. The Morgan fingerprint density at radius 1 is 1.29 bits per heavy atom. The van der Waals surface area contributed by atoms with Gasteiger partial charge in [0.1, 0.15) is 0 Å². The SMILES string of the molecule is COCc1cccc(CC(=O)N2C[C@@H](C(F)(F)F)[C@H](C(=O)O)C2)c1. The predicted octanol–water partition coefficient (Wildman–Crippen LogP) is 2.10. The fourth-order valence-corrected chi connectivity index (χ4v) is 2.87. The Morgan fingerprint density at radius 2 is 1.96 bits per heavy atom. The minimum absolute atomic E-state index is 0.0749. The molecule has 0 saturated carbocycles. The van der Waals surface area contributed by atoms with Crippen molar-refractivity contribution in [3.05, 3.63) is 35.4 Å². The Kier molecular flexibility index (Phi) is 5.48. The van der Waals surface area contributed by atoms with Gasteiger partial charge in [-0.25, -0.2) is 0 Å². The molecule has 2 rings (SSSR count). The number of ether oxygens (including phenoxy) is 1. The van der Waals surface area contributed by atoms with E-state index < -0.39 is 43.0 Å². The highest BCUT2D eigenvalue weighted by Gasteiger charge is 2.53. The average Bonchev–Trinajstić information content (AvgIpc) is 2.93. The zero-order chi connectivity index (χ0) is 17.9. The van der Waals surface area contributed by atoms with Crippen LogP contribution in [0.15, 0.2) is 24.3 Å². The number of benzene rings is 1. The highest BCUT2D eigenvalue weighted by Crippen LogP contribution is 2.37. The maximum atomic E-state index is 13.0. The number of carbonyl (C=O) groups excluding carboxylic acids is 1. The molecular formula is C16H18F3NO4. The molecule has 1 aliphatic heterocycles. The molecule has 0 bridgehead atoms. The van der Waals surface area contributed by atoms with E-state index in [9.17, 15) is 22.8 Å². The van der Waals surface area contributed by atoms with Gasteiger partial charge >= 0.3 is 12.1 Å². The molecule has 0 aliphatic carbocycles. The monoisotopic (exact) mass is 345 g/mol. The number of aliphatic carboxylic acids is 1. The standard InChI is InChI=1S/C16H18F3NO4/c1-24-9-11-4-2-3-10(5-11)6-14(21)20-7-12(15(22)23)13(8-20)16(17,18)19/h2-5,12-13H,6-9H2,1H3,(H,22,23)/t12-,13-/m1/s1. The lowest BCUT2D eigenvalue weighted by Crippen LogP contribution is -2.34. The molecule has 1 heterocycles. The van der Waals surface area contributed by atoms with Crippen molar-refractivity contribution >= 4 is 11.9 Å². The van der Waals surface area contributed by atoms with E-state index in [0.717, 1.165) is 10.5 Å². The van der Waals surface area contributed by atoms with E-state index in [0.29, 0.717) is 12.2 Å². The summed E-state index contributed by atoms with van der Waals surface area (Å²) >= 11 is 0. The fraction of sp³-hybridized carbons (Fsp3) is 0.500. The quantitative estimate of drug-likeness (QED) is 0.887. The number of rotatable bonds is 5. The van der Waals surface area contributed by atoms with E-state index in [1.165, 1.54) is 7.11 Å². The average molecular weight is 345 g/mol. The molecule has 8 heteroatoms. The summed E-state index contributed by atoms with van der Waals surface area (Å²) in [6.45, 7) is -0.670. The number of nitrogens with zero attached hydrogens (tertiary/aromatic N) is 1. The molecule has 1 amide bonds. The van der Waals surface area contributed by atoms with Crippen molar-refractivity contribution in [3.63, 3.8) is 0 Å². The molecule has 1 aliphatic rings. The van der Waals surface area contributed by atoms with Crippen molar-refractivity contribution < 1.29 is 32.6 Å². The van der Waals surface area contributed by atoms with E-state index in [1.54, 1.807) is 18.2 Å². The Hall–Kier alpha value is -2.09. The zero-order valence-electron chi connectivity index (χ0n) is 13.0. The number of hydrogen-bond donors (Lipinski definition) is 1. The van der Waals surface area contributed by atoms with Crippen LogP contribution in [0.5, 0.6) is 0 Å². The number of halogens is 3.